The highest BCUT2D eigenvalue weighted by Crippen LogP contribution is 2.34. The molecule has 2 fully saturated rings. The van der Waals surface area contributed by atoms with Gasteiger partial charge in [0.1, 0.15) is 11.6 Å². The molecule has 0 radical (unpaired) electrons. The van der Waals surface area contributed by atoms with Crippen molar-refractivity contribution in [1.82, 2.24) is 40.3 Å². The minimum Gasteiger partial charge on any atom is -0.371 e. The summed E-state index contributed by atoms with van der Waals surface area (Å²) >= 11 is 0. The smallest absolute Gasteiger partial charge is 0.262 e. The van der Waals surface area contributed by atoms with E-state index in [4.69, 9.17) is 9.97 Å². The number of imide groups is 2. The number of aryl methyl sites for hydroxylation is 2. The standard InChI is InChI=1S/C47H49N9O6/c1-26-19-29(5-7-33(26)45(60)53(3)4)36-23-49-42-41(36)51-38(24-50-42)31-20-27(2)37-25-54(15-11-30(37)21-31)18-14-48-43(58)28-12-16-55(17-13-28)32-6-8-34-35(22-32)47(62)56(46(34)61)39-9-10-40(57)52-44(39)59/h5-8,19-24,28,39H,9-18,25H2,1-4H3,(H,48,58)(H,49,50)(H,52,57,59). The Hall–Kier alpha value is -6.74. The molecule has 2 saturated heterocycles. The van der Waals surface area contributed by atoms with Crippen molar-refractivity contribution in [2.24, 2.45) is 5.92 Å². The van der Waals surface area contributed by atoms with Gasteiger partial charge in [-0.3, -0.25) is 43.9 Å². The molecule has 15 nitrogen and oxygen atoms in total. The highest BCUT2D eigenvalue weighted by molar-refractivity contribution is 6.23. The van der Waals surface area contributed by atoms with Crippen molar-refractivity contribution in [2.75, 3.05) is 51.7 Å². The first kappa shape index (κ1) is 40.7. The third-order valence-electron chi connectivity index (χ3n) is 12.9. The number of amides is 6. The number of rotatable bonds is 9. The summed E-state index contributed by atoms with van der Waals surface area (Å²) in [6.45, 7) is 8.31. The Morgan fingerprint density at radius 3 is 2.39 bits per heavy atom. The molecule has 15 heteroatoms. The molecule has 2 aromatic heterocycles. The lowest BCUT2D eigenvalue weighted by Crippen LogP contribution is -2.54. The summed E-state index contributed by atoms with van der Waals surface area (Å²) in [5.74, 6) is -2.20. The molecule has 3 N–H and O–H groups in total. The van der Waals surface area contributed by atoms with E-state index in [1.807, 2.05) is 43.6 Å². The van der Waals surface area contributed by atoms with Gasteiger partial charge in [-0.25, -0.2) is 9.97 Å². The maximum atomic E-state index is 13.3. The highest BCUT2D eigenvalue weighted by Gasteiger charge is 2.45. The monoisotopic (exact) mass is 835 g/mol. The third kappa shape index (κ3) is 7.50. The summed E-state index contributed by atoms with van der Waals surface area (Å²) in [7, 11) is 3.51. The maximum Gasteiger partial charge on any atom is 0.262 e. The first-order valence-electron chi connectivity index (χ1n) is 21.2. The number of aromatic amines is 1. The van der Waals surface area contributed by atoms with Crippen LogP contribution in [0.4, 0.5) is 5.69 Å². The van der Waals surface area contributed by atoms with Crippen molar-refractivity contribution in [3.63, 3.8) is 0 Å². The summed E-state index contributed by atoms with van der Waals surface area (Å²) in [6, 6.07) is 14.4. The van der Waals surface area contributed by atoms with Crippen molar-refractivity contribution < 1.29 is 28.8 Å². The van der Waals surface area contributed by atoms with E-state index in [9.17, 15) is 28.8 Å². The molecule has 0 bridgehead atoms. The van der Waals surface area contributed by atoms with Crippen LogP contribution < -0.4 is 15.5 Å². The van der Waals surface area contributed by atoms with Gasteiger partial charge in [-0.2, -0.15) is 0 Å². The summed E-state index contributed by atoms with van der Waals surface area (Å²) in [5, 5.41) is 5.41. The molecule has 1 unspecified atom stereocenters. The number of carbonyl (C=O) groups excluding carboxylic acids is 6. The molecule has 0 aliphatic carbocycles. The molecule has 4 aliphatic heterocycles. The molecule has 0 spiro atoms. The maximum absolute atomic E-state index is 13.3. The quantitative estimate of drug-likeness (QED) is 0.180. The molecule has 5 aromatic rings. The SMILES string of the molecule is Cc1cc(-c2c[nH]c3ncc(-c4cc(C)c5c(c4)CCN(CCNC(=O)C4CCN(c6ccc7c(c6)C(=O)N(C6CCC(=O)NC6=O)C7=O)CC4)C5)nc23)ccc1C(=O)N(C)C. The van der Waals surface area contributed by atoms with E-state index in [1.54, 1.807) is 31.1 Å². The molecule has 6 heterocycles. The molecule has 6 amide bonds. The van der Waals surface area contributed by atoms with E-state index in [0.717, 1.165) is 70.1 Å². The Morgan fingerprint density at radius 2 is 1.63 bits per heavy atom. The van der Waals surface area contributed by atoms with E-state index >= 15 is 0 Å². The molecule has 1 atom stereocenters. The fourth-order valence-corrected chi connectivity index (χ4v) is 9.36. The number of hydrogen-bond donors (Lipinski definition) is 3. The summed E-state index contributed by atoms with van der Waals surface area (Å²) < 4.78 is 0. The van der Waals surface area contributed by atoms with E-state index in [1.165, 1.54) is 16.7 Å². The average molecular weight is 836 g/mol. The van der Waals surface area contributed by atoms with Gasteiger partial charge in [-0.15, -0.1) is 0 Å². The summed E-state index contributed by atoms with van der Waals surface area (Å²) in [5.41, 5.74) is 11.9. The number of piperidine rings is 2. The predicted molar refractivity (Wildman–Crippen MR) is 232 cm³/mol. The van der Waals surface area contributed by atoms with Gasteiger partial charge in [0.25, 0.3) is 17.7 Å². The number of aromatic nitrogens is 3. The second-order valence-electron chi connectivity index (χ2n) is 17.1. The lowest BCUT2D eigenvalue weighted by atomic mass is 9.92. The van der Waals surface area contributed by atoms with Crippen LogP contribution in [0.3, 0.4) is 0 Å². The second kappa shape index (κ2) is 16.3. The number of fused-ring (bicyclic) bond motifs is 3. The lowest BCUT2D eigenvalue weighted by molar-refractivity contribution is -0.136. The van der Waals surface area contributed by atoms with Crippen LogP contribution in [-0.4, -0.2) is 118 Å². The largest absolute Gasteiger partial charge is 0.371 e. The Kier molecular flexibility index (Phi) is 10.7. The number of carbonyl (C=O) groups is 6. The molecule has 62 heavy (non-hydrogen) atoms. The van der Waals surface area contributed by atoms with Gasteiger partial charge in [0.2, 0.25) is 17.7 Å². The first-order chi connectivity index (χ1) is 29.8. The number of benzene rings is 3. The second-order valence-corrected chi connectivity index (χ2v) is 17.1. The van der Waals surface area contributed by atoms with Gasteiger partial charge in [0.15, 0.2) is 5.65 Å². The molecular weight excluding hydrogens is 787 g/mol. The van der Waals surface area contributed by atoms with Crippen LogP contribution in [0, 0.1) is 19.8 Å². The van der Waals surface area contributed by atoms with Crippen LogP contribution in [0.2, 0.25) is 0 Å². The van der Waals surface area contributed by atoms with Crippen molar-refractivity contribution in [1.29, 1.82) is 0 Å². The Balaban J connectivity index is 0.780. The topological polar surface area (TPSA) is 181 Å². The number of H-pyrrole nitrogens is 1. The van der Waals surface area contributed by atoms with Crippen LogP contribution in [-0.2, 0) is 27.3 Å². The van der Waals surface area contributed by atoms with Crippen LogP contribution in [0.5, 0.6) is 0 Å². The zero-order valence-electron chi connectivity index (χ0n) is 35.3. The van der Waals surface area contributed by atoms with Crippen molar-refractivity contribution >= 4 is 52.3 Å². The minimum atomic E-state index is -1.01. The van der Waals surface area contributed by atoms with Gasteiger partial charge in [-0.05, 0) is 104 Å². The number of anilines is 1. The number of hydrogen-bond acceptors (Lipinski definition) is 10. The molecule has 0 saturated carbocycles. The van der Waals surface area contributed by atoms with Gasteiger partial charge in [-0.1, -0.05) is 12.1 Å². The van der Waals surface area contributed by atoms with Gasteiger partial charge in [0.05, 0.1) is 23.0 Å². The molecule has 9 rings (SSSR count). The van der Waals surface area contributed by atoms with Crippen molar-refractivity contribution in [3.05, 3.63) is 99.9 Å². The highest BCUT2D eigenvalue weighted by atomic mass is 16.2. The van der Waals surface area contributed by atoms with Crippen LogP contribution in [0.25, 0.3) is 33.5 Å². The van der Waals surface area contributed by atoms with Crippen LogP contribution in [0.1, 0.15) is 79.0 Å². The lowest BCUT2D eigenvalue weighted by Gasteiger charge is -2.33. The normalized spacial score (nSPS) is 18.2. The fraction of sp³-hybridized carbons (Fsp3) is 0.362. The van der Waals surface area contributed by atoms with E-state index in [-0.39, 0.29) is 41.7 Å². The van der Waals surface area contributed by atoms with Gasteiger partial charge < -0.3 is 20.1 Å². The van der Waals surface area contributed by atoms with E-state index < -0.39 is 29.7 Å². The zero-order valence-corrected chi connectivity index (χ0v) is 35.3. The number of nitrogens with one attached hydrogen (secondary N) is 3. The summed E-state index contributed by atoms with van der Waals surface area (Å²) in [4.78, 5) is 96.6. The Labute approximate surface area is 358 Å². The van der Waals surface area contributed by atoms with Gasteiger partial charge in [0, 0.05) is 94.3 Å². The molecule has 318 valence electrons. The Bertz CT molecular complexity index is 2700. The molecule has 3 aromatic carbocycles. The predicted octanol–water partition coefficient (Wildman–Crippen LogP) is 4.40. The van der Waals surface area contributed by atoms with E-state index in [0.29, 0.717) is 43.7 Å². The third-order valence-corrected chi connectivity index (χ3v) is 12.9. The first-order valence-corrected chi connectivity index (χ1v) is 21.2. The van der Waals surface area contributed by atoms with Crippen molar-refractivity contribution in [3.8, 4) is 22.4 Å². The van der Waals surface area contributed by atoms with Crippen molar-refractivity contribution in [2.45, 2.75) is 58.5 Å². The number of nitrogens with zero attached hydrogens (tertiary/aromatic N) is 6. The zero-order chi connectivity index (χ0) is 43.4. The average Bonchev–Trinajstić information content (AvgIpc) is 3.80. The fourth-order valence-electron chi connectivity index (χ4n) is 9.36. The van der Waals surface area contributed by atoms with Gasteiger partial charge >= 0.3 is 0 Å². The molecular formula is C47H49N9O6. The van der Waals surface area contributed by atoms with Crippen LogP contribution >= 0.6 is 0 Å². The Morgan fingerprint density at radius 1 is 0.855 bits per heavy atom. The van der Waals surface area contributed by atoms with E-state index in [2.05, 4.69) is 44.5 Å². The molecule has 4 aliphatic rings. The van der Waals surface area contributed by atoms with Crippen LogP contribution in [0.15, 0.2) is 60.9 Å². The minimum absolute atomic E-state index is 0.0291. The summed E-state index contributed by atoms with van der Waals surface area (Å²) in [6.07, 6.45) is 6.11.